The number of hydrogen-bond acceptors (Lipinski definition) is 4. The topological polar surface area (TPSA) is 32.8 Å². The third-order valence-electron chi connectivity index (χ3n) is 17.3. The molecule has 12 aromatic rings. The lowest BCUT2D eigenvalue weighted by atomic mass is 9.55. The van der Waals surface area contributed by atoms with Crippen LogP contribution in [0.5, 0.6) is 0 Å². The van der Waals surface area contributed by atoms with Crippen LogP contribution < -0.4 is 9.80 Å². The molecule has 0 aliphatic heterocycles. The summed E-state index contributed by atoms with van der Waals surface area (Å²) in [6.45, 7) is 12.7. The molecule has 4 nitrogen and oxygen atoms in total. The number of benzene rings is 10. The van der Waals surface area contributed by atoms with E-state index in [0.717, 1.165) is 89.3 Å². The van der Waals surface area contributed by atoms with Crippen molar-refractivity contribution in [1.29, 1.82) is 0 Å². The van der Waals surface area contributed by atoms with E-state index < -0.39 is 34.3 Å². The van der Waals surface area contributed by atoms with Crippen molar-refractivity contribution in [3.63, 3.8) is 0 Å². The van der Waals surface area contributed by atoms with Crippen LogP contribution >= 0.6 is 0 Å². The summed E-state index contributed by atoms with van der Waals surface area (Å²) in [6, 6.07) is 62.8. The number of furan rings is 2. The van der Waals surface area contributed by atoms with E-state index in [1.165, 1.54) is 24.3 Å². The number of nitrogens with zero attached hydrogens (tertiary/aromatic N) is 2. The smallest absolute Gasteiger partial charge is 0.418 e. The lowest BCUT2D eigenvalue weighted by Crippen LogP contribution is -2.40. The molecular formula is C72H54F6N2O2. The lowest BCUT2D eigenvalue weighted by molar-refractivity contribution is -0.137. The van der Waals surface area contributed by atoms with Gasteiger partial charge in [0.25, 0.3) is 0 Å². The van der Waals surface area contributed by atoms with E-state index in [2.05, 4.69) is 65.8 Å². The minimum Gasteiger partial charge on any atom is -0.454 e. The number of halogens is 6. The molecule has 0 saturated heterocycles. The van der Waals surface area contributed by atoms with Crippen molar-refractivity contribution < 1.29 is 35.2 Å². The highest BCUT2D eigenvalue weighted by atomic mass is 19.4. The van der Waals surface area contributed by atoms with Gasteiger partial charge < -0.3 is 18.6 Å². The fourth-order valence-electron chi connectivity index (χ4n) is 13.7. The molecule has 0 radical (unpaired) electrons. The summed E-state index contributed by atoms with van der Waals surface area (Å²) in [5.74, 6) is 0.193. The molecule has 406 valence electrons. The Kier molecular flexibility index (Phi) is 11.4. The molecule has 1 spiro atoms. The van der Waals surface area contributed by atoms with Crippen molar-refractivity contribution in [2.24, 2.45) is 0 Å². The maximum atomic E-state index is 15.7. The summed E-state index contributed by atoms with van der Waals surface area (Å²) in [5.41, 5.74) is 9.49. The third kappa shape index (κ3) is 7.38. The molecular weight excluding hydrogens is 1040 g/mol. The molecule has 10 aromatic carbocycles. The van der Waals surface area contributed by atoms with Crippen LogP contribution in [0.25, 0.3) is 55.0 Å². The molecule has 0 atom stereocenters. The largest absolute Gasteiger partial charge is 0.454 e. The van der Waals surface area contributed by atoms with Gasteiger partial charge in [-0.15, -0.1) is 0 Å². The molecule has 2 aliphatic carbocycles. The van der Waals surface area contributed by atoms with Crippen LogP contribution in [0.4, 0.5) is 60.5 Å². The first-order valence-electron chi connectivity index (χ1n) is 27.7. The Morgan fingerprint density at radius 1 is 0.354 bits per heavy atom. The van der Waals surface area contributed by atoms with Gasteiger partial charge in [0.15, 0.2) is 11.2 Å². The quantitative estimate of drug-likeness (QED) is 0.142. The molecule has 0 N–H and O–H groups in total. The van der Waals surface area contributed by atoms with Crippen LogP contribution in [-0.4, -0.2) is 0 Å². The van der Waals surface area contributed by atoms with Crippen LogP contribution in [0.15, 0.2) is 215 Å². The van der Waals surface area contributed by atoms with Gasteiger partial charge >= 0.3 is 12.4 Å². The molecule has 0 amide bonds. The number of fused-ring (bicyclic) bond motifs is 15. The molecule has 10 heteroatoms. The zero-order chi connectivity index (χ0) is 56.8. The van der Waals surface area contributed by atoms with Gasteiger partial charge in [-0.3, -0.25) is 0 Å². The molecule has 2 aromatic heterocycles. The van der Waals surface area contributed by atoms with E-state index in [4.69, 9.17) is 8.83 Å². The number of anilines is 6. The second kappa shape index (κ2) is 18.2. The van der Waals surface area contributed by atoms with Crippen molar-refractivity contribution in [2.45, 2.75) is 76.6 Å². The number of para-hydroxylation sites is 6. The van der Waals surface area contributed by atoms with Crippen molar-refractivity contribution in [3.05, 3.63) is 262 Å². The van der Waals surface area contributed by atoms with E-state index >= 15 is 26.3 Å². The maximum Gasteiger partial charge on any atom is 0.418 e. The Bertz CT molecular complexity index is 4290. The van der Waals surface area contributed by atoms with Gasteiger partial charge in [0.05, 0.1) is 39.3 Å². The zero-order valence-corrected chi connectivity index (χ0v) is 45.8. The highest BCUT2D eigenvalue weighted by Crippen LogP contribution is 2.64. The van der Waals surface area contributed by atoms with Gasteiger partial charge in [-0.1, -0.05) is 187 Å². The van der Waals surface area contributed by atoms with Crippen LogP contribution in [0, 0.1) is 0 Å². The van der Waals surface area contributed by atoms with E-state index in [0.29, 0.717) is 45.1 Å². The first kappa shape index (κ1) is 51.1. The highest BCUT2D eigenvalue weighted by molar-refractivity contribution is 6.13. The zero-order valence-electron chi connectivity index (χ0n) is 45.8. The molecule has 82 heavy (non-hydrogen) atoms. The van der Waals surface area contributed by atoms with E-state index in [-0.39, 0.29) is 23.2 Å². The first-order valence-corrected chi connectivity index (χ1v) is 27.7. The van der Waals surface area contributed by atoms with Crippen molar-refractivity contribution in [3.8, 4) is 11.1 Å². The average Bonchev–Trinajstić information content (AvgIpc) is 1.80. The predicted molar refractivity (Wildman–Crippen MR) is 318 cm³/mol. The summed E-state index contributed by atoms with van der Waals surface area (Å²) in [5, 5.41) is 3.23. The van der Waals surface area contributed by atoms with E-state index in [9.17, 15) is 0 Å². The molecule has 2 aliphatic rings. The minimum absolute atomic E-state index is 0.0938. The Morgan fingerprint density at radius 3 is 1.09 bits per heavy atom. The Balaban J connectivity index is 1.08. The van der Waals surface area contributed by atoms with Crippen molar-refractivity contribution in [2.75, 3.05) is 9.80 Å². The van der Waals surface area contributed by atoms with Gasteiger partial charge in [0.2, 0.25) is 0 Å². The Morgan fingerprint density at radius 2 is 0.695 bits per heavy atom. The summed E-state index contributed by atoms with van der Waals surface area (Å²) in [4.78, 5) is 3.34. The molecule has 2 heterocycles. The monoisotopic (exact) mass is 1090 g/mol. The standard InChI is InChI=1S/C72H54F6N2O2/c1-41(2)45-19-15-21-49-51-23-17-33-63(67(51)81-65(45)49)79(61-31-13-11-29-57(61)71(73,74)75)43-35-37-47-48-38-36-44(40-60(48)70(59(47)39-43)55-27-9-7-25-53(55)69(5,6)54-26-8-10-28-56(54)70)80(62-32-14-12-30-58(62)72(76,77)78)64-34-18-24-52-50-22-16-20-46(42(3)4)66(50)82-68(52)64/h7-42H,1-6H3. The van der Waals surface area contributed by atoms with Gasteiger partial charge in [-0.05, 0) is 128 Å². The number of hydrogen-bond donors (Lipinski definition) is 0. The van der Waals surface area contributed by atoms with Crippen molar-refractivity contribution >= 4 is 78.0 Å². The molecule has 0 fully saturated rings. The second-order valence-corrected chi connectivity index (χ2v) is 22.9. The van der Waals surface area contributed by atoms with Gasteiger partial charge in [-0.25, -0.2) is 0 Å². The average molecular weight is 1090 g/mol. The Labute approximate surface area is 470 Å². The lowest BCUT2D eigenvalue weighted by Gasteiger charge is -2.47. The van der Waals surface area contributed by atoms with Gasteiger partial charge in [0.1, 0.15) is 11.2 Å². The Hall–Kier alpha value is -9.02. The minimum atomic E-state index is -4.75. The molecule has 0 saturated carbocycles. The SMILES string of the molecule is CC(C)c1cccc2c1oc1c(N(c3ccc4c(c3)C3(c5cc(N(c6ccccc6C(F)(F)F)c6cccc7c6oc6c(C(C)C)cccc67)ccc5-4)c4ccccc4C(C)(C)c4ccccc43)c3ccccc3C(F)(F)F)cccc12. The van der Waals surface area contributed by atoms with Gasteiger partial charge in [-0.2, -0.15) is 26.3 Å². The number of rotatable bonds is 8. The molecule has 0 bridgehead atoms. The van der Waals surface area contributed by atoms with Crippen LogP contribution in [-0.2, 0) is 23.2 Å². The fourth-order valence-corrected chi connectivity index (χ4v) is 13.7. The maximum absolute atomic E-state index is 15.7. The molecule has 14 rings (SSSR count). The normalized spacial score (nSPS) is 14.3. The fraction of sp³-hybridized carbons (Fsp3) is 0.167. The summed E-state index contributed by atoms with van der Waals surface area (Å²) >= 11 is 0. The van der Waals surface area contributed by atoms with E-state index in [1.54, 1.807) is 21.9 Å². The van der Waals surface area contributed by atoms with Crippen LogP contribution in [0.1, 0.15) is 109 Å². The third-order valence-corrected chi connectivity index (χ3v) is 17.3. The summed E-state index contributed by atoms with van der Waals surface area (Å²) in [6.07, 6.45) is -9.50. The van der Waals surface area contributed by atoms with E-state index in [1.807, 2.05) is 133 Å². The summed E-state index contributed by atoms with van der Waals surface area (Å²) < 4.78 is 108. The highest BCUT2D eigenvalue weighted by Gasteiger charge is 2.54. The van der Waals surface area contributed by atoms with Crippen LogP contribution in [0.3, 0.4) is 0 Å². The second-order valence-electron chi connectivity index (χ2n) is 22.9. The number of alkyl halides is 6. The molecule has 0 unspecified atom stereocenters. The predicted octanol–water partition coefficient (Wildman–Crippen LogP) is 21.7. The first-order chi connectivity index (χ1) is 39.4. The van der Waals surface area contributed by atoms with Gasteiger partial charge in [0, 0.05) is 38.3 Å². The summed E-state index contributed by atoms with van der Waals surface area (Å²) in [7, 11) is 0. The van der Waals surface area contributed by atoms with Crippen LogP contribution in [0.2, 0.25) is 0 Å². The van der Waals surface area contributed by atoms with Crippen molar-refractivity contribution in [1.82, 2.24) is 0 Å².